The lowest BCUT2D eigenvalue weighted by Crippen LogP contribution is -2.48. The van der Waals surface area contributed by atoms with Crippen LogP contribution in [0.25, 0.3) is 11.5 Å². The summed E-state index contributed by atoms with van der Waals surface area (Å²) in [5.41, 5.74) is 4.68. The monoisotopic (exact) mass is 536 g/mol. The van der Waals surface area contributed by atoms with Crippen LogP contribution in [0.3, 0.4) is 0 Å². The van der Waals surface area contributed by atoms with E-state index >= 15 is 0 Å². The third-order valence-corrected chi connectivity index (χ3v) is 8.26. The van der Waals surface area contributed by atoms with Crippen molar-refractivity contribution in [3.63, 3.8) is 0 Å². The Kier molecular flexibility index (Phi) is 7.01. The minimum absolute atomic E-state index is 0.147. The number of hydrogen-bond donors (Lipinski definition) is 0. The van der Waals surface area contributed by atoms with Crippen molar-refractivity contribution in [3.05, 3.63) is 64.7 Å². The fourth-order valence-corrected chi connectivity index (χ4v) is 5.54. The van der Waals surface area contributed by atoms with Gasteiger partial charge in [-0.3, -0.25) is 9.69 Å². The summed E-state index contributed by atoms with van der Waals surface area (Å²) >= 11 is 0. The van der Waals surface area contributed by atoms with Crippen molar-refractivity contribution in [3.8, 4) is 5.82 Å². The normalized spacial score (nSPS) is 14.9. The number of carbonyl (C=O) groups excluding carboxylic acids is 1. The number of amides is 1. The molecule has 1 aromatic carbocycles. The molecule has 0 aliphatic carbocycles. The highest BCUT2D eigenvalue weighted by Crippen LogP contribution is 2.20. The number of aryl methyl sites for hydroxylation is 2. The molecule has 200 valence electrons. The van der Waals surface area contributed by atoms with Gasteiger partial charge in [-0.05, 0) is 62.6 Å². The van der Waals surface area contributed by atoms with Gasteiger partial charge in [0.15, 0.2) is 27.1 Å². The van der Waals surface area contributed by atoms with Gasteiger partial charge < -0.3 is 4.90 Å². The molecule has 0 radical (unpaired) electrons. The fourth-order valence-electron chi connectivity index (χ4n) is 4.90. The molecular weight excluding hydrogens is 504 g/mol. The van der Waals surface area contributed by atoms with Gasteiger partial charge in [-0.25, -0.2) is 13.1 Å². The molecule has 0 spiro atoms. The minimum Gasteiger partial charge on any atom is -0.340 e. The van der Waals surface area contributed by atoms with Crippen LogP contribution in [-0.4, -0.2) is 86.2 Å². The van der Waals surface area contributed by atoms with Gasteiger partial charge >= 0.3 is 0 Å². The summed E-state index contributed by atoms with van der Waals surface area (Å²) in [6.07, 6.45) is 2.26. The van der Waals surface area contributed by atoms with E-state index < -0.39 is 9.84 Å². The third-order valence-electron chi connectivity index (χ3n) is 7.13. The first-order valence-electron chi connectivity index (χ1n) is 12.6. The van der Waals surface area contributed by atoms with E-state index in [9.17, 15) is 13.2 Å². The molecule has 0 saturated carbocycles. The topological polar surface area (TPSA) is 119 Å². The molecule has 3 aromatic heterocycles. The van der Waals surface area contributed by atoms with E-state index in [-0.39, 0.29) is 5.91 Å². The number of carbonyl (C=O) groups is 1. The molecule has 1 aliphatic heterocycles. The zero-order valence-electron chi connectivity index (χ0n) is 22.1. The van der Waals surface area contributed by atoms with Gasteiger partial charge in [-0.2, -0.15) is 9.61 Å². The lowest BCUT2D eigenvalue weighted by molar-refractivity contribution is -0.133. The Morgan fingerprint density at radius 3 is 2.32 bits per heavy atom. The Morgan fingerprint density at radius 2 is 1.63 bits per heavy atom. The van der Waals surface area contributed by atoms with Crippen molar-refractivity contribution in [2.45, 2.75) is 45.1 Å². The molecule has 1 saturated heterocycles. The number of aromatic nitrogens is 6. The standard InChI is InChI=1S/C26H32N8O3S/c1-18-23(19(2)33(29-18)25-11-10-24-28-27-20(3)34(24)30-25)9-12-26(35)32-15-13-31(14-16-32)17-21-5-7-22(8-6-21)38(4,36)37/h5-8,10-11H,9,12-17H2,1-4H3. The first kappa shape index (κ1) is 26.0. The maximum Gasteiger partial charge on any atom is 0.222 e. The highest BCUT2D eigenvalue weighted by molar-refractivity contribution is 7.90. The molecule has 1 fully saturated rings. The van der Waals surface area contributed by atoms with Crippen molar-refractivity contribution in [2.24, 2.45) is 0 Å². The van der Waals surface area contributed by atoms with Crippen LogP contribution in [0.5, 0.6) is 0 Å². The summed E-state index contributed by atoms with van der Waals surface area (Å²) in [6.45, 7) is 9.49. The number of benzene rings is 1. The SMILES string of the molecule is Cc1nn(-c2ccc3nnc(C)n3n2)c(C)c1CCC(=O)N1CCN(Cc2ccc(S(C)(=O)=O)cc2)CC1. The van der Waals surface area contributed by atoms with Crippen molar-refractivity contribution < 1.29 is 13.2 Å². The summed E-state index contributed by atoms with van der Waals surface area (Å²) in [5, 5.41) is 17.5. The van der Waals surface area contributed by atoms with Crippen LogP contribution >= 0.6 is 0 Å². The Bertz CT molecular complexity index is 1580. The number of nitrogens with zero attached hydrogens (tertiary/aromatic N) is 8. The molecule has 4 heterocycles. The van der Waals surface area contributed by atoms with Crippen LogP contribution in [0.15, 0.2) is 41.3 Å². The van der Waals surface area contributed by atoms with Crippen LogP contribution in [0.4, 0.5) is 0 Å². The largest absolute Gasteiger partial charge is 0.340 e. The molecule has 5 rings (SSSR count). The second-order valence-corrected chi connectivity index (χ2v) is 11.9. The van der Waals surface area contributed by atoms with Crippen molar-refractivity contribution >= 4 is 21.4 Å². The highest BCUT2D eigenvalue weighted by Gasteiger charge is 2.22. The zero-order valence-corrected chi connectivity index (χ0v) is 22.9. The second kappa shape index (κ2) is 10.3. The number of sulfone groups is 1. The molecule has 4 aromatic rings. The zero-order chi connectivity index (χ0) is 27.0. The van der Waals surface area contributed by atoms with Gasteiger partial charge in [0, 0.05) is 51.1 Å². The number of piperazine rings is 1. The molecule has 38 heavy (non-hydrogen) atoms. The van der Waals surface area contributed by atoms with Crippen LogP contribution < -0.4 is 0 Å². The molecular formula is C26H32N8O3S. The van der Waals surface area contributed by atoms with Gasteiger partial charge in [-0.1, -0.05) is 12.1 Å². The Morgan fingerprint density at radius 1 is 0.921 bits per heavy atom. The molecule has 11 nitrogen and oxygen atoms in total. The highest BCUT2D eigenvalue weighted by atomic mass is 32.2. The van der Waals surface area contributed by atoms with Gasteiger partial charge in [0.05, 0.1) is 10.6 Å². The third kappa shape index (κ3) is 5.32. The average Bonchev–Trinajstić information content (AvgIpc) is 3.40. The maximum absolute atomic E-state index is 13.0. The second-order valence-electron chi connectivity index (χ2n) is 9.84. The van der Waals surface area contributed by atoms with E-state index in [1.165, 1.54) is 6.26 Å². The Labute approximate surface area is 222 Å². The van der Waals surface area contributed by atoms with E-state index in [0.717, 1.165) is 42.1 Å². The van der Waals surface area contributed by atoms with Gasteiger partial charge in [0.2, 0.25) is 5.91 Å². The summed E-state index contributed by atoms with van der Waals surface area (Å²) in [6, 6.07) is 10.8. The van der Waals surface area contributed by atoms with Gasteiger partial charge in [0.1, 0.15) is 0 Å². The summed E-state index contributed by atoms with van der Waals surface area (Å²) in [4.78, 5) is 17.6. The molecule has 12 heteroatoms. The van der Waals surface area contributed by atoms with Gasteiger partial charge in [0.25, 0.3) is 0 Å². The summed E-state index contributed by atoms with van der Waals surface area (Å²) < 4.78 is 26.8. The molecule has 0 bridgehead atoms. The van der Waals surface area contributed by atoms with Crippen molar-refractivity contribution in [1.82, 2.24) is 39.4 Å². The maximum atomic E-state index is 13.0. The lowest BCUT2D eigenvalue weighted by atomic mass is 10.1. The molecule has 1 amide bonds. The number of hydrogen-bond acceptors (Lipinski definition) is 8. The lowest BCUT2D eigenvalue weighted by Gasteiger charge is -2.35. The van der Waals surface area contributed by atoms with E-state index in [0.29, 0.717) is 48.1 Å². The van der Waals surface area contributed by atoms with Gasteiger partial charge in [-0.15, -0.1) is 15.3 Å². The summed E-state index contributed by atoms with van der Waals surface area (Å²) in [7, 11) is -3.19. The molecule has 0 atom stereocenters. The van der Waals surface area contributed by atoms with Crippen LogP contribution in [-0.2, 0) is 27.6 Å². The average molecular weight is 537 g/mol. The number of fused-ring (bicyclic) bond motifs is 1. The summed E-state index contributed by atoms with van der Waals surface area (Å²) in [5.74, 6) is 1.54. The van der Waals surface area contributed by atoms with E-state index in [2.05, 4.69) is 20.2 Å². The molecule has 0 unspecified atom stereocenters. The first-order valence-corrected chi connectivity index (χ1v) is 14.5. The van der Waals surface area contributed by atoms with Crippen molar-refractivity contribution in [1.29, 1.82) is 0 Å². The minimum atomic E-state index is -3.19. The fraction of sp³-hybridized carbons (Fsp3) is 0.423. The van der Waals surface area contributed by atoms with E-state index in [1.54, 1.807) is 16.6 Å². The van der Waals surface area contributed by atoms with Crippen molar-refractivity contribution in [2.75, 3.05) is 32.4 Å². The smallest absolute Gasteiger partial charge is 0.222 e. The predicted octanol–water partition coefficient (Wildman–Crippen LogP) is 1.92. The van der Waals surface area contributed by atoms with E-state index in [1.807, 2.05) is 54.6 Å². The van der Waals surface area contributed by atoms with Crippen LogP contribution in [0.2, 0.25) is 0 Å². The van der Waals surface area contributed by atoms with Crippen LogP contribution in [0, 0.1) is 20.8 Å². The van der Waals surface area contributed by atoms with Crippen LogP contribution in [0.1, 0.15) is 34.8 Å². The Hall–Kier alpha value is -3.64. The molecule has 0 N–H and O–H groups in total. The molecule has 1 aliphatic rings. The van der Waals surface area contributed by atoms with E-state index in [4.69, 9.17) is 5.10 Å². The Balaban J connectivity index is 1.16. The predicted molar refractivity (Wildman–Crippen MR) is 142 cm³/mol. The number of rotatable bonds is 7. The first-order chi connectivity index (χ1) is 18.1. The quantitative estimate of drug-likeness (QED) is 0.352.